The van der Waals surface area contributed by atoms with Gasteiger partial charge >= 0.3 is 0 Å². The summed E-state index contributed by atoms with van der Waals surface area (Å²) in [4.78, 5) is 21.6. The van der Waals surface area contributed by atoms with E-state index in [0.29, 0.717) is 41.7 Å². The summed E-state index contributed by atoms with van der Waals surface area (Å²) in [5.41, 5.74) is 0.313. The number of carbonyl (C=O) groups excluding carboxylic acids is 1. The zero-order valence-electron chi connectivity index (χ0n) is 20.3. The largest absolute Gasteiger partial charge is 0.379 e. The van der Waals surface area contributed by atoms with Crippen LogP contribution >= 0.6 is 11.3 Å². The number of benzene rings is 2. The molecule has 1 saturated heterocycles. The van der Waals surface area contributed by atoms with Crippen LogP contribution in [0.25, 0.3) is 10.2 Å². The van der Waals surface area contributed by atoms with Crippen LogP contribution in [0.1, 0.15) is 12.8 Å². The standard InChI is InChI=1S/C24H28FN3O6S3/c1-36(30,31)21-5-2-4-20-23(21)26-24(35-20)28(12-11-27-13-15-34-16-14-27)22(29)6-3-17-37(32,33)19-9-7-18(25)8-10-19/h2,4-5,7-10H,3,6,11-17H2,1H3. The lowest BCUT2D eigenvalue weighted by Gasteiger charge is -2.29. The van der Waals surface area contributed by atoms with E-state index in [9.17, 15) is 26.0 Å². The molecule has 9 nitrogen and oxygen atoms in total. The molecule has 0 spiro atoms. The van der Waals surface area contributed by atoms with Crippen LogP contribution < -0.4 is 4.90 Å². The number of hydrogen-bond donors (Lipinski definition) is 0. The fraction of sp³-hybridized carbons (Fsp3) is 0.417. The second kappa shape index (κ2) is 11.5. The Morgan fingerprint density at radius 2 is 1.81 bits per heavy atom. The van der Waals surface area contributed by atoms with Crippen molar-refractivity contribution in [3.63, 3.8) is 0 Å². The highest BCUT2D eigenvalue weighted by molar-refractivity contribution is 7.91. The van der Waals surface area contributed by atoms with Gasteiger partial charge in [0.25, 0.3) is 0 Å². The van der Waals surface area contributed by atoms with E-state index in [4.69, 9.17) is 4.74 Å². The molecule has 0 bridgehead atoms. The number of ether oxygens (including phenoxy) is 1. The van der Waals surface area contributed by atoms with Crippen molar-refractivity contribution in [3.05, 3.63) is 48.3 Å². The van der Waals surface area contributed by atoms with Gasteiger partial charge in [0.2, 0.25) is 5.91 Å². The summed E-state index contributed by atoms with van der Waals surface area (Å²) in [7, 11) is -7.20. The molecule has 1 aliphatic rings. The van der Waals surface area contributed by atoms with Gasteiger partial charge in [-0.1, -0.05) is 17.4 Å². The van der Waals surface area contributed by atoms with Crippen molar-refractivity contribution in [1.29, 1.82) is 0 Å². The molecule has 1 fully saturated rings. The van der Waals surface area contributed by atoms with Gasteiger partial charge in [-0.25, -0.2) is 26.2 Å². The Kier molecular flexibility index (Phi) is 8.59. The first kappa shape index (κ1) is 27.6. The molecule has 0 aliphatic carbocycles. The molecule has 0 saturated carbocycles. The number of rotatable bonds is 10. The van der Waals surface area contributed by atoms with Crippen molar-refractivity contribution >= 4 is 52.3 Å². The van der Waals surface area contributed by atoms with Crippen molar-refractivity contribution in [2.24, 2.45) is 0 Å². The van der Waals surface area contributed by atoms with E-state index in [1.165, 1.54) is 34.4 Å². The minimum atomic E-state index is -3.67. The fourth-order valence-electron chi connectivity index (χ4n) is 4.03. The highest BCUT2D eigenvalue weighted by atomic mass is 32.2. The predicted molar refractivity (Wildman–Crippen MR) is 140 cm³/mol. The summed E-state index contributed by atoms with van der Waals surface area (Å²) in [5.74, 6) is -1.10. The van der Waals surface area contributed by atoms with Crippen LogP contribution in [0.15, 0.2) is 52.3 Å². The van der Waals surface area contributed by atoms with Crippen molar-refractivity contribution < 1.29 is 30.8 Å². The van der Waals surface area contributed by atoms with E-state index in [0.717, 1.165) is 31.5 Å². The van der Waals surface area contributed by atoms with Crippen molar-refractivity contribution in [2.45, 2.75) is 22.6 Å². The summed E-state index contributed by atoms with van der Waals surface area (Å²) in [6, 6.07) is 9.48. The number of thiazole rings is 1. The number of para-hydroxylation sites is 1. The summed E-state index contributed by atoms with van der Waals surface area (Å²) < 4.78 is 68.9. The molecular formula is C24H28FN3O6S3. The van der Waals surface area contributed by atoms with Crippen LogP contribution in [0.3, 0.4) is 0 Å². The minimum absolute atomic E-state index is 0.00463. The van der Waals surface area contributed by atoms with Crippen molar-refractivity contribution in [3.8, 4) is 0 Å². The van der Waals surface area contributed by atoms with E-state index in [1.807, 2.05) is 0 Å². The first-order valence-corrected chi connectivity index (χ1v) is 16.1. The molecule has 0 N–H and O–H groups in total. The lowest BCUT2D eigenvalue weighted by atomic mass is 10.3. The molecule has 0 unspecified atom stereocenters. The number of sulfone groups is 2. The molecule has 37 heavy (non-hydrogen) atoms. The molecule has 0 radical (unpaired) electrons. The highest BCUT2D eigenvalue weighted by Gasteiger charge is 2.24. The predicted octanol–water partition coefficient (Wildman–Crippen LogP) is 2.76. The number of morpholine rings is 1. The zero-order chi connectivity index (χ0) is 26.6. The molecule has 0 atom stereocenters. The molecule has 13 heteroatoms. The average Bonchev–Trinajstić information content (AvgIpc) is 3.28. The van der Waals surface area contributed by atoms with Gasteiger partial charge in [0.15, 0.2) is 24.8 Å². The number of fused-ring (bicyclic) bond motifs is 1. The monoisotopic (exact) mass is 569 g/mol. The summed E-state index contributed by atoms with van der Waals surface area (Å²) in [5, 5.41) is 0.366. The highest BCUT2D eigenvalue weighted by Crippen LogP contribution is 2.33. The van der Waals surface area contributed by atoms with Crippen LogP contribution in [0, 0.1) is 5.82 Å². The van der Waals surface area contributed by atoms with Gasteiger partial charge in [0.05, 0.1) is 33.5 Å². The summed E-state index contributed by atoms with van der Waals surface area (Å²) in [6.45, 7) is 3.56. The third kappa shape index (κ3) is 6.90. The normalized spacial score (nSPS) is 15.2. The molecule has 200 valence electrons. The number of amides is 1. The Morgan fingerprint density at radius 3 is 2.49 bits per heavy atom. The van der Waals surface area contributed by atoms with E-state index in [1.54, 1.807) is 12.1 Å². The van der Waals surface area contributed by atoms with Gasteiger partial charge in [-0.3, -0.25) is 14.6 Å². The topological polar surface area (TPSA) is 114 Å². The third-order valence-corrected chi connectivity index (χ3v) is 10.0. The van der Waals surface area contributed by atoms with Crippen molar-refractivity contribution in [1.82, 2.24) is 9.88 Å². The molecule has 1 aliphatic heterocycles. The number of hydrogen-bond acceptors (Lipinski definition) is 9. The number of nitrogens with zero attached hydrogens (tertiary/aromatic N) is 3. The second-order valence-corrected chi connectivity index (χ2v) is 13.8. The van der Waals surface area contributed by atoms with Crippen LogP contribution in [0.5, 0.6) is 0 Å². The third-order valence-electron chi connectivity index (χ3n) is 6.02. The zero-order valence-corrected chi connectivity index (χ0v) is 22.7. The molecular weight excluding hydrogens is 541 g/mol. The number of anilines is 1. The smallest absolute Gasteiger partial charge is 0.228 e. The Balaban J connectivity index is 1.53. The molecule has 2 heterocycles. The number of aromatic nitrogens is 1. The SMILES string of the molecule is CS(=O)(=O)c1cccc2sc(N(CCN3CCOCC3)C(=O)CCCS(=O)(=O)c3ccc(F)cc3)nc12. The Bertz CT molecular complexity index is 1470. The van der Waals surface area contributed by atoms with E-state index >= 15 is 0 Å². The Morgan fingerprint density at radius 1 is 1.11 bits per heavy atom. The van der Waals surface area contributed by atoms with Gasteiger partial charge in [0.1, 0.15) is 11.3 Å². The molecule has 3 aromatic rings. The van der Waals surface area contributed by atoms with E-state index < -0.39 is 25.5 Å². The second-order valence-electron chi connectivity index (χ2n) is 8.75. The first-order chi connectivity index (χ1) is 17.5. The lowest BCUT2D eigenvalue weighted by molar-refractivity contribution is -0.118. The molecule has 1 aromatic heterocycles. The quantitative estimate of drug-likeness (QED) is 0.343. The van der Waals surface area contributed by atoms with E-state index in [-0.39, 0.29) is 34.3 Å². The van der Waals surface area contributed by atoms with Crippen molar-refractivity contribution in [2.75, 3.05) is 56.3 Å². The van der Waals surface area contributed by atoms with Gasteiger partial charge in [-0.2, -0.15) is 0 Å². The van der Waals surface area contributed by atoms with Gasteiger partial charge < -0.3 is 4.74 Å². The van der Waals surface area contributed by atoms with Gasteiger partial charge in [-0.05, 0) is 42.8 Å². The summed E-state index contributed by atoms with van der Waals surface area (Å²) >= 11 is 1.22. The molecule has 2 aromatic carbocycles. The van der Waals surface area contributed by atoms with Crippen LogP contribution in [-0.4, -0.2) is 84.0 Å². The Labute approximate surface area is 219 Å². The van der Waals surface area contributed by atoms with E-state index in [2.05, 4.69) is 9.88 Å². The molecule has 1 amide bonds. The van der Waals surface area contributed by atoms with Gasteiger partial charge in [0, 0.05) is 38.9 Å². The fourth-order valence-corrected chi connectivity index (χ4v) is 7.27. The number of carbonyl (C=O) groups is 1. The maximum Gasteiger partial charge on any atom is 0.228 e. The first-order valence-electron chi connectivity index (χ1n) is 11.7. The van der Waals surface area contributed by atoms with Gasteiger partial charge in [-0.15, -0.1) is 0 Å². The van der Waals surface area contributed by atoms with Crippen LogP contribution in [-0.2, 0) is 29.2 Å². The van der Waals surface area contributed by atoms with Crippen LogP contribution in [0.2, 0.25) is 0 Å². The lowest BCUT2D eigenvalue weighted by Crippen LogP contribution is -2.43. The number of halogens is 1. The Hall–Kier alpha value is -2.45. The molecule has 4 rings (SSSR count). The maximum absolute atomic E-state index is 13.3. The minimum Gasteiger partial charge on any atom is -0.379 e. The van der Waals surface area contributed by atoms with Crippen LogP contribution in [0.4, 0.5) is 9.52 Å². The summed E-state index contributed by atoms with van der Waals surface area (Å²) in [6.07, 6.45) is 1.15. The maximum atomic E-state index is 13.3. The average molecular weight is 570 g/mol.